The molecule has 13 heavy (non-hydrogen) atoms. The number of rotatable bonds is 6. The highest BCUT2D eigenvalue weighted by Gasteiger charge is 1.89. The van der Waals surface area contributed by atoms with Crippen molar-refractivity contribution in [2.45, 2.75) is 13.3 Å². The van der Waals surface area contributed by atoms with Gasteiger partial charge in [-0.3, -0.25) is 4.99 Å². The maximum Gasteiger partial charge on any atom is 0.0423 e. The molecule has 0 spiro atoms. The van der Waals surface area contributed by atoms with Crippen LogP contribution in [0.2, 0.25) is 0 Å². The molecule has 0 atom stereocenters. The third kappa shape index (κ3) is 6.94. The number of hydrogen-bond acceptors (Lipinski definition) is 2. The van der Waals surface area contributed by atoms with Crippen LogP contribution in [0.25, 0.3) is 0 Å². The molecular formula is C11H16N2. The average molecular weight is 176 g/mol. The minimum atomic E-state index is 0.724. The summed E-state index contributed by atoms with van der Waals surface area (Å²) in [6.07, 6.45) is 10.5. The predicted molar refractivity (Wildman–Crippen MR) is 60.6 cm³/mol. The summed E-state index contributed by atoms with van der Waals surface area (Å²) < 4.78 is 0. The number of allylic oxidation sites excluding steroid dienone is 4. The van der Waals surface area contributed by atoms with Crippen molar-refractivity contribution in [3.63, 3.8) is 0 Å². The Labute approximate surface area is 80.1 Å². The first-order valence-electron chi connectivity index (χ1n) is 4.22. The zero-order valence-electron chi connectivity index (χ0n) is 8.11. The molecule has 0 unspecified atom stereocenters. The minimum Gasteiger partial charge on any atom is -0.301 e. The zero-order chi connectivity index (χ0) is 9.94. The second kappa shape index (κ2) is 8.65. The van der Waals surface area contributed by atoms with Crippen LogP contribution in [0.3, 0.4) is 0 Å². The molecule has 0 fully saturated rings. The van der Waals surface area contributed by atoms with E-state index in [4.69, 9.17) is 0 Å². The maximum atomic E-state index is 3.78. The average Bonchev–Trinajstić information content (AvgIpc) is 2.14. The second-order valence-corrected chi connectivity index (χ2v) is 2.47. The highest BCUT2D eigenvalue weighted by Crippen LogP contribution is 2.03. The van der Waals surface area contributed by atoms with Crippen LogP contribution in [0.1, 0.15) is 13.3 Å². The lowest BCUT2D eigenvalue weighted by molar-refractivity contribution is 0.977. The molecular weight excluding hydrogens is 160 g/mol. The van der Waals surface area contributed by atoms with E-state index in [1.807, 2.05) is 31.2 Å². The first-order chi connectivity index (χ1) is 6.35. The summed E-state index contributed by atoms with van der Waals surface area (Å²) >= 11 is 0. The fraction of sp³-hybridized carbons (Fsp3) is 0.273. The molecule has 2 nitrogen and oxygen atoms in total. The molecule has 0 aromatic carbocycles. The summed E-state index contributed by atoms with van der Waals surface area (Å²) in [5, 5.41) is 0. The van der Waals surface area contributed by atoms with Gasteiger partial charge in [-0.05, 0) is 32.4 Å². The quantitative estimate of drug-likeness (QED) is 0.439. The Morgan fingerprint density at radius 1 is 1.31 bits per heavy atom. The van der Waals surface area contributed by atoms with Crippen molar-refractivity contribution in [2.24, 2.45) is 9.98 Å². The van der Waals surface area contributed by atoms with E-state index < -0.39 is 0 Å². The van der Waals surface area contributed by atoms with Crippen LogP contribution in [0.5, 0.6) is 0 Å². The van der Waals surface area contributed by atoms with Gasteiger partial charge < -0.3 is 4.99 Å². The SMILES string of the molecule is C=N\C=C(/C=C/C=C/C)CCN=C. The van der Waals surface area contributed by atoms with Gasteiger partial charge in [-0.1, -0.05) is 24.3 Å². The monoisotopic (exact) mass is 176 g/mol. The predicted octanol–water partition coefficient (Wildman–Crippen LogP) is 2.79. The molecule has 0 bridgehead atoms. The van der Waals surface area contributed by atoms with Gasteiger partial charge in [0.1, 0.15) is 0 Å². The summed E-state index contributed by atoms with van der Waals surface area (Å²) in [6, 6.07) is 0. The fourth-order valence-electron chi connectivity index (χ4n) is 0.807. The molecule has 0 aliphatic rings. The Morgan fingerprint density at radius 3 is 2.62 bits per heavy atom. The van der Waals surface area contributed by atoms with E-state index in [2.05, 4.69) is 23.4 Å². The van der Waals surface area contributed by atoms with Gasteiger partial charge >= 0.3 is 0 Å². The molecule has 0 aliphatic heterocycles. The topological polar surface area (TPSA) is 24.7 Å². The summed E-state index contributed by atoms with van der Waals surface area (Å²) in [7, 11) is 0. The summed E-state index contributed by atoms with van der Waals surface area (Å²) in [6.45, 7) is 9.54. The molecule has 0 radical (unpaired) electrons. The molecule has 0 saturated carbocycles. The molecule has 0 heterocycles. The van der Waals surface area contributed by atoms with E-state index in [-0.39, 0.29) is 0 Å². The number of nitrogens with zero attached hydrogens (tertiary/aromatic N) is 2. The molecule has 2 heteroatoms. The smallest absolute Gasteiger partial charge is 0.0423 e. The molecule has 0 amide bonds. The molecule has 0 N–H and O–H groups in total. The van der Waals surface area contributed by atoms with Crippen LogP contribution in [0.15, 0.2) is 46.1 Å². The molecule has 0 saturated heterocycles. The Hall–Kier alpha value is -1.44. The van der Waals surface area contributed by atoms with E-state index in [9.17, 15) is 0 Å². The van der Waals surface area contributed by atoms with E-state index in [1.165, 1.54) is 0 Å². The first kappa shape index (κ1) is 11.6. The van der Waals surface area contributed by atoms with Crippen molar-refractivity contribution in [1.82, 2.24) is 0 Å². The number of aliphatic imine (C=N–C) groups is 2. The van der Waals surface area contributed by atoms with Crippen molar-refractivity contribution < 1.29 is 0 Å². The number of hydrogen-bond donors (Lipinski definition) is 0. The van der Waals surface area contributed by atoms with Crippen LogP contribution in [0, 0.1) is 0 Å². The first-order valence-corrected chi connectivity index (χ1v) is 4.22. The van der Waals surface area contributed by atoms with E-state index in [0.717, 1.165) is 18.5 Å². The van der Waals surface area contributed by atoms with Gasteiger partial charge in [0.05, 0.1) is 0 Å². The van der Waals surface area contributed by atoms with Gasteiger partial charge in [0.25, 0.3) is 0 Å². The van der Waals surface area contributed by atoms with E-state index in [0.29, 0.717) is 0 Å². The van der Waals surface area contributed by atoms with E-state index in [1.54, 1.807) is 6.20 Å². The van der Waals surface area contributed by atoms with Crippen LogP contribution in [-0.2, 0) is 0 Å². The Bertz CT molecular complexity index is 234. The van der Waals surface area contributed by atoms with Crippen LogP contribution < -0.4 is 0 Å². The highest BCUT2D eigenvalue weighted by molar-refractivity contribution is 5.30. The molecule has 0 aromatic rings. The van der Waals surface area contributed by atoms with Crippen molar-refractivity contribution in [2.75, 3.05) is 6.54 Å². The lowest BCUT2D eigenvalue weighted by atomic mass is 10.2. The summed E-state index contributed by atoms with van der Waals surface area (Å²) in [5.41, 5.74) is 1.11. The van der Waals surface area contributed by atoms with Gasteiger partial charge in [0.2, 0.25) is 0 Å². The molecule has 0 aromatic heterocycles. The summed E-state index contributed by atoms with van der Waals surface area (Å²) in [4.78, 5) is 7.50. The van der Waals surface area contributed by atoms with E-state index >= 15 is 0 Å². The summed E-state index contributed by atoms with van der Waals surface area (Å²) in [5.74, 6) is 0. The second-order valence-electron chi connectivity index (χ2n) is 2.47. The van der Waals surface area contributed by atoms with Crippen molar-refractivity contribution >= 4 is 13.4 Å². The fourth-order valence-corrected chi connectivity index (χ4v) is 0.807. The highest BCUT2D eigenvalue weighted by atomic mass is 14.7. The molecule has 0 aliphatic carbocycles. The lowest BCUT2D eigenvalue weighted by Gasteiger charge is -1.95. The third-order valence-corrected chi connectivity index (χ3v) is 1.43. The largest absolute Gasteiger partial charge is 0.301 e. The zero-order valence-corrected chi connectivity index (χ0v) is 8.11. The van der Waals surface area contributed by atoms with Gasteiger partial charge in [-0.15, -0.1) is 0 Å². The van der Waals surface area contributed by atoms with Crippen molar-refractivity contribution in [1.29, 1.82) is 0 Å². The normalized spacial score (nSPS) is 12.5. The minimum absolute atomic E-state index is 0.724. The van der Waals surface area contributed by atoms with Crippen LogP contribution in [0.4, 0.5) is 0 Å². The van der Waals surface area contributed by atoms with Gasteiger partial charge in [0, 0.05) is 12.7 Å². The van der Waals surface area contributed by atoms with Crippen molar-refractivity contribution in [3.05, 3.63) is 36.1 Å². The molecule has 0 rings (SSSR count). The molecule has 70 valence electrons. The Kier molecular flexibility index (Phi) is 7.70. The van der Waals surface area contributed by atoms with Gasteiger partial charge in [-0.25, -0.2) is 0 Å². The Balaban J connectivity index is 4.16. The lowest BCUT2D eigenvalue weighted by Crippen LogP contribution is -1.82. The Morgan fingerprint density at radius 2 is 2.08 bits per heavy atom. The van der Waals surface area contributed by atoms with Gasteiger partial charge in [-0.2, -0.15) is 0 Å². The third-order valence-electron chi connectivity index (χ3n) is 1.43. The standard InChI is InChI=1S/C11H16N2/c1-4-5-6-7-11(10-13-3)8-9-12-2/h4-7,10H,2-3,8-9H2,1H3/b5-4+,7-6+,11-10+. The van der Waals surface area contributed by atoms with Gasteiger partial charge in [0.15, 0.2) is 0 Å². The van der Waals surface area contributed by atoms with Crippen LogP contribution >= 0.6 is 0 Å². The van der Waals surface area contributed by atoms with Crippen molar-refractivity contribution in [3.8, 4) is 0 Å². The van der Waals surface area contributed by atoms with Crippen LogP contribution in [-0.4, -0.2) is 20.0 Å². The maximum absolute atomic E-state index is 3.78.